The van der Waals surface area contributed by atoms with Crippen LogP contribution in [0.1, 0.15) is 29.6 Å². The highest BCUT2D eigenvalue weighted by Crippen LogP contribution is 2.27. The summed E-state index contributed by atoms with van der Waals surface area (Å²) in [4.78, 5) is 46.3. The topological polar surface area (TPSA) is 186 Å². The van der Waals surface area contributed by atoms with Crippen LogP contribution in [0, 0.1) is 10.1 Å². The number of nitrogens with zero attached hydrogens (tertiary/aromatic N) is 2. The monoisotopic (exact) mass is 443 g/mol. The minimum absolute atomic E-state index is 0.0310. The molecule has 0 unspecified atom stereocenters. The molecule has 12 heteroatoms. The number of nitrogens with one attached hydrogen (secondary N) is 2. The van der Waals surface area contributed by atoms with Gasteiger partial charge in [-0.25, -0.2) is 10.2 Å². The fourth-order valence-electron chi connectivity index (χ4n) is 2.67. The van der Waals surface area contributed by atoms with Gasteiger partial charge in [-0.2, -0.15) is 5.10 Å². The van der Waals surface area contributed by atoms with Crippen molar-refractivity contribution in [1.82, 2.24) is 5.43 Å². The van der Waals surface area contributed by atoms with Crippen LogP contribution >= 0.6 is 0 Å². The number of primary amides is 1. The molecule has 0 bridgehead atoms. The van der Waals surface area contributed by atoms with E-state index in [0.29, 0.717) is 0 Å². The fraction of sp³-hybridized carbons (Fsp3) is 0.200. The quantitative estimate of drug-likeness (QED) is 0.188. The zero-order valence-electron chi connectivity index (χ0n) is 17.0. The van der Waals surface area contributed by atoms with Crippen LogP contribution in [0.25, 0.3) is 0 Å². The number of phenols is 1. The summed E-state index contributed by atoms with van der Waals surface area (Å²) in [5.41, 5.74) is 7.17. The third kappa shape index (κ3) is 6.79. The van der Waals surface area contributed by atoms with Gasteiger partial charge in [-0.3, -0.25) is 19.7 Å². The second kappa shape index (κ2) is 11.1. The van der Waals surface area contributed by atoms with Gasteiger partial charge in [-0.15, -0.1) is 0 Å². The summed E-state index contributed by atoms with van der Waals surface area (Å²) in [6, 6.07) is 8.73. The van der Waals surface area contributed by atoms with E-state index in [4.69, 9.17) is 10.5 Å². The van der Waals surface area contributed by atoms with E-state index in [9.17, 15) is 29.6 Å². The average Bonchev–Trinajstić information content (AvgIpc) is 2.75. The largest absolute Gasteiger partial charge is 0.504 e. The van der Waals surface area contributed by atoms with Crippen LogP contribution in [0.4, 0.5) is 16.2 Å². The number of aromatic hydroxyl groups is 1. The number of methoxy groups -OCH3 is 1. The Labute approximate surface area is 182 Å². The molecule has 0 aliphatic rings. The number of para-hydroxylation sites is 2. The van der Waals surface area contributed by atoms with E-state index in [1.54, 1.807) is 0 Å². The number of ether oxygens (including phenoxy) is 1. The Morgan fingerprint density at radius 3 is 2.56 bits per heavy atom. The van der Waals surface area contributed by atoms with Crippen LogP contribution in [0.15, 0.2) is 47.6 Å². The first-order valence-electron chi connectivity index (χ1n) is 9.25. The molecule has 0 saturated heterocycles. The Hall–Kier alpha value is -4.48. The molecule has 0 radical (unpaired) electrons. The molecule has 32 heavy (non-hydrogen) atoms. The number of hydrazone groups is 1. The first kappa shape index (κ1) is 23.8. The molecule has 168 valence electrons. The van der Waals surface area contributed by atoms with E-state index in [1.807, 2.05) is 5.43 Å². The molecule has 12 nitrogen and oxygen atoms in total. The van der Waals surface area contributed by atoms with Gasteiger partial charge in [0, 0.05) is 23.8 Å². The first-order chi connectivity index (χ1) is 15.2. The Morgan fingerprint density at radius 1 is 1.19 bits per heavy atom. The van der Waals surface area contributed by atoms with Gasteiger partial charge in [-0.05, 0) is 30.7 Å². The van der Waals surface area contributed by atoms with Gasteiger partial charge >= 0.3 is 6.03 Å². The maximum absolute atomic E-state index is 12.6. The van der Waals surface area contributed by atoms with Crippen LogP contribution in [0.2, 0.25) is 0 Å². The maximum Gasteiger partial charge on any atom is 0.332 e. The molecular weight excluding hydrogens is 422 g/mol. The number of hydrogen-bond acceptors (Lipinski definition) is 8. The molecule has 5 N–H and O–H groups in total. The van der Waals surface area contributed by atoms with Gasteiger partial charge in [0.25, 0.3) is 5.69 Å². The molecule has 0 aliphatic carbocycles. The van der Waals surface area contributed by atoms with Crippen LogP contribution < -0.4 is 21.2 Å². The maximum atomic E-state index is 12.6. The van der Waals surface area contributed by atoms with Crippen LogP contribution in [0.5, 0.6) is 11.5 Å². The molecule has 0 fully saturated rings. The second-order valence-corrected chi connectivity index (χ2v) is 6.46. The molecule has 0 heterocycles. The van der Waals surface area contributed by atoms with Gasteiger partial charge in [0.1, 0.15) is 5.69 Å². The van der Waals surface area contributed by atoms with Crippen molar-refractivity contribution in [3.63, 3.8) is 0 Å². The zero-order chi connectivity index (χ0) is 23.7. The molecule has 2 aromatic carbocycles. The second-order valence-electron chi connectivity index (χ2n) is 6.46. The number of nitrogens with two attached hydrogens (primary N) is 1. The summed E-state index contributed by atoms with van der Waals surface area (Å²) >= 11 is 0. The van der Waals surface area contributed by atoms with Crippen molar-refractivity contribution in [2.45, 2.75) is 19.3 Å². The molecule has 0 aromatic heterocycles. The lowest BCUT2D eigenvalue weighted by atomic mass is 10.0. The number of nitro groups is 1. The lowest BCUT2D eigenvalue weighted by molar-refractivity contribution is -0.383. The standard InChI is InChI=1S/C20H21N5O7/c1-32-18-10-12(6-8-16(18)26)17(27)11-13(23-24-20(21)29)7-9-19(28)22-14-4-2-3-5-15(14)25(30)31/h2-6,8,10,26H,7,9,11H2,1H3,(H,22,28)(H3,21,24,29)/b23-13+. The SMILES string of the molecule is COc1cc(C(=O)C/C(CCC(=O)Nc2ccccc2[N+](=O)[O-])=N/NC(N)=O)ccc1O. The van der Waals surface area contributed by atoms with Crippen molar-refractivity contribution in [3.8, 4) is 11.5 Å². The predicted octanol–water partition coefficient (Wildman–Crippen LogP) is 2.32. The number of phenolic OH excluding ortho intramolecular Hbond substituents is 1. The third-order valence-electron chi connectivity index (χ3n) is 4.21. The van der Waals surface area contributed by atoms with Crippen LogP contribution in [0.3, 0.4) is 0 Å². The number of amides is 3. The summed E-state index contributed by atoms with van der Waals surface area (Å²) in [5, 5.41) is 26.9. The molecule has 0 saturated carbocycles. The van der Waals surface area contributed by atoms with E-state index in [-0.39, 0.29) is 53.4 Å². The molecule has 3 amide bonds. The number of nitro benzene ring substituents is 1. The minimum Gasteiger partial charge on any atom is -0.504 e. The van der Waals surface area contributed by atoms with Crippen LogP contribution in [-0.4, -0.2) is 40.6 Å². The summed E-state index contributed by atoms with van der Waals surface area (Å²) in [7, 11) is 1.34. The van der Waals surface area contributed by atoms with Crippen molar-refractivity contribution >= 4 is 34.8 Å². The Bertz CT molecular complexity index is 1070. The van der Waals surface area contributed by atoms with E-state index in [0.717, 1.165) is 0 Å². The van der Waals surface area contributed by atoms with Crippen molar-refractivity contribution in [3.05, 3.63) is 58.1 Å². The van der Waals surface area contributed by atoms with Gasteiger partial charge in [0.2, 0.25) is 5.91 Å². The number of carbonyl (C=O) groups is 3. The van der Waals surface area contributed by atoms with Crippen LogP contribution in [-0.2, 0) is 4.79 Å². The van der Waals surface area contributed by atoms with E-state index in [1.165, 1.54) is 49.6 Å². The fourth-order valence-corrected chi connectivity index (χ4v) is 2.67. The van der Waals surface area contributed by atoms with Crippen molar-refractivity contribution in [2.24, 2.45) is 10.8 Å². The Balaban J connectivity index is 2.09. The summed E-state index contributed by atoms with van der Waals surface area (Å²) in [6.07, 6.45) is -0.460. The van der Waals surface area contributed by atoms with Gasteiger partial charge in [0.05, 0.1) is 18.5 Å². The minimum atomic E-state index is -0.953. The van der Waals surface area contributed by atoms with Crippen molar-refractivity contribution < 1.29 is 29.2 Å². The number of urea groups is 1. The number of carbonyl (C=O) groups excluding carboxylic acids is 3. The summed E-state index contributed by atoms with van der Waals surface area (Å²) in [5.74, 6) is -0.995. The lowest BCUT2D eigenvalue weighted by Gasteiger charge is -2.09. The normalized spacial score (nSPS) is 10.8. The Morgan fingerprint density at radius 2 is 1.91 bits per heavy atom. The summed E-state index contributed by atoms with van der Waals surface area (Å²) < 4.78 is 4.97. The van der Waals surface area contributed by atoms with E-state index < -0.39 is 22.6 Å². The van der Waals surface area contributed by atoms with Crippen molar-refractivity contribution in [1.29, 1.82) is 0 Å². The van der Waals surface area contributed by atoms with Gasteiger partial charge < -0.3 is 20.9 Å². The predicted molar refractivity (Wildman–Crippen MR) is 115 cm³/mol. The average molecular weight is 443 g/mol. The first-order valence-corrected chi connectivity index (χ1v) is 9.25. The highest BCUT2D eigenvalue weighted by molar-refractivity contribution is 6.10. The smallest absolute Gasteiger partial charge is 0.332 e. The number of anilines is 1. The number of rotatable bonds is 10. The molecule has 0 spiro atoms. The lowest BCUT2D eigenvalue weighted by Crippen LogP contribution is -2.26. The number of ketones is 1. The zero-order valence-corrected chi connectivity index (χ0v) is 17.0. The van der Waals surface area contributed by atoms with E-state index in [2.05, 4.69) is 10.4 Å². The van der Waals surface area contributed by atoms with E-state index >= 15 is 0 Å². The molecular formula is C20H21N5O7. The van der Waals surface area contributed by atoms with Gasteiger partial charge in [-0.1, -0.05) is 12.1 Å². The molecule has 2 rings (SSSR count). The highest BCUT2D eigenvalue weighted by Gasteiger charge is 2.17. The number of hydrogen-bond donors (Lipinski definition) is 4. The molecule has 0 aliphatic heterocycles. The van der Waals surface area contributed by atoms with Gasteiger partial charge in [0.15, 0.2) is 17.3 Å². The third-order valence-corrected chi connectivity index (χ3v) is 4.21. The number of Topliss-reactive ketones (excluding diaryl/α,β-unsaturated/α-hetero) is 1. The summed E-state index contributed by atoms with van der Waals surface area (Å²) in [6.45, 7) is 0. The van der Waals surface area contributed by atoms with Crippen molar-refractivity contribution in [2.75, 3.05) is 12.4 Å². The number of benzene rings is 2. The highest BCUT2D eigenvalue weighted by atomic mass is 16.6. The molecule has 2 aromatic rings. The molecule has 0 atom stereocenters. The Kier molecular flexibility index (Phi) is 8.22.